The van der Waals surface area contributed by atoms with Gasteiger partial charge in [0.25, 0.3) is 0 Å². The van der Waals surface area contributed by atoms with Gasteiger partial charge in [0.1, 0.15) is 0 Å². The van der Waals surface area contributed by atoms with Gasteiger partial charge < -0.3 is 14.4 Å². The SMILES string of the molecule is N#CCCN(CCC#N)C(=O)CCNS(=O)(=O)c1ccc2c(c1)OCCCO2. The van der Waals surface area contributed by atoms with Crippen LogP contribution in [-0.4, -0.2) is 52.1 Å². The molecule has 0 atom stereocenters. The van der Waals surface area contributed by atoms with Crippen LogP contribution in [-0.2, 0) is 14.8 Å². The number of sulfonamides is 1. The van der Waals surface area contributed by atoms with Crippen molar-refractivity contribution in [2.75, 3.05) is 32.8 Å². The minimum absolute atomic E-state index is 0.0232. The third-order valence-corrected chi connectivity index (χ3v) is 5.46. The molecule has 1 aliphatic heterocycles. The largest absolute Gasteiger partial charge is 0.490 e. The van der Waals surface area contributed by atoms with Crippen LogP contribution in [0.2, 0.25) is 0 Å². The molecular formula is C18H22N4O5S. The van der Waals surface area contributed by atoms with E-state index < -0.39 is 10.0 Å². The van der Waals surface area contributed by atoms with E-state index in [-0.39, 0.29) is 49.7 Å². The van der Waals surface area contributed by atoms with Gasteiger partial charge in [0, 0.05) is 38.5 Å². The minimum atomic E-state index is -3.82. The fourth-order valence-electron chi connectivity index (χ4n) is 2.58. The smallest absolute Gasteiger partial charge is 0.240 e. The van der Waals surface area contributed by atoms with E-state index in [9.17, 15) is 13.2 Å². The van der Waals surface area contributed by atoms with Gasteiger partial charge in [-0.1, -0.05) is 0 Å². The molecule has 150 valence electrons. The summed E-state index contributed by atoms with van der Waals surface area (Å²) in [6, 6.07) is 8.27. The number of hydrogen-bond acceptors (Lipinski definition) is 7. The van der Waals surface area contributed by atoms with Gasteiger partial charge in [-0.2, -0.15) is 10.5 Å². The van der Waals surface area contributed by atoms with Gasteiger partial charge in [0.15, 0.2) is 11.5 Å². The molecule has 2 rings (SSSR count). The van der Waals surface area contributed by atoms with Gasteiger partial charge in [-0.25, -0.2) is 13.1 Å². The van der Waals surface area contributed by atoms with E-state index in [1.165, 1.54) is 17.0 Å². The van der Waals surface area contributed by atoms with Gasteiger partial charge in [-0.3, -0.25) is 4.79 Å². The summed E-state index contributed by atoms with van der Waals surface area (Å²) in [5, 5.41) is 17.3. The number of rotatable bonds is 9. The fraction of sp³-hybridized carbons (Fsp3) is 0.500. The first kappa shape index (κ1) is 21.5. The van der Waals surface area contributed by atoms with Crippen LogP contribution in [0.1, 0.15) is 25.7 Å². The summed E-state index contributed by atoms with van der Waals surface area (Å²) in [5.74, 6) is 0.555. The maximum absolute atomic E-state index is 12.5. The maximum Gasteiger partial charge on any atom is 0.240 e. The normalized spacial score (nSPS) is 13.1. The van der Waals surface area contributed by atoms with E-state index in [0.717, 1.165) is 0 Å². The minimum Gasteiger partial charge on any atom is -0.490 e. The molecule has 1 amide bonds. The molecule has 9 nitrogen and oxygen atoms in total. The lowest BCUT2D eigenvalue weighted by molar-refractivity contribution is -0.130. The zero-order valence-corrected chi connectivity index (χ0v) is 16.2. The molecule has 0 aromatic heterocycles. The van der Waals surface area contributed by atoms with Gasteiger partial charge in [-0.15, -0.1) is 0 Å². The van der Waals surface area contributed by atoms with Crippen molar-refractivity contribution in [2.45, 2.75) is 30.6 Å². The molecule has 0 saturated heterocycles. The molecule has 10 heteroatoms. The summed E-state index contributed by atoms with van der Waals surface area (Å²) in [6.07, 6.45) is 0.950. The molecule has 1 aromatic rings. The lowest BCUT2D eigenvalue weighted by Gasteiger charge is -2.20. The molecule has 0 bridgehead atoms. The van der Waals surface area contributed by atoms with Crippen LogP contribution >= 0.6 is 0 Å². The number of nitriles is 2. The van der Waals surface area contributed by atoms with E-state index in [4.69, 9.17) is 20.0 Å². The quantitative estimate of drug-likeness (QED) is 0.651. The Morgan fingerprint density at radius 1 is 1.11 bits per heavy atom. The summed E-state index contributed by atoms with van der Waals surface area (Å²) in [7, 11) is -3.82. The number of benzene rings is 1. The van der Waals surface area contributed by atoms with Crippen molar-refractivity contribution < 1.29 is 22.7 Å². The van der Waals surface area contributed by atoms with Gasteiger partial charge >= 0.3 is 0 Å². The first-order valence-electron chi connectivity index (χ1n) is 8.89. The molecule has 1 aromatic carbocycles. The van der Waals surface area contributed by atoms with Gasteiger partial charge in [-0.05, 0) is 12.1 Å². The number of carbonyl (C=O) groups excluding carboxylic acids is 1. The van der Waals surface area contributed by atoms with E-state index >= 15 is 0 Å². The third kappa shape index (κ3) is 6.12. The highest BCUT2D eigenvalue weighted by Gasteiger charge is 2.20. The zero-order valence-electron chi connectivity index (χ0n) is 15.4. The monoisotopic (exact) mass is 406 g/mol. The van der Waals surface area contributed by atoms with Gasteiger partial charge in [0.2, 0.25) is 15.9 Å². The van der Waals surface area contributed by atoms with Crippen LogP contribution in [0.5, 0.6) is 11.5 Å². The number of nitrogens with one attached hydrogen (secondary N) is 1. The van der Waals surface area contributed by atoms with Crippen molar-refractivity contribution in [1.29, 1.82) is 10.5 Å². The summed E-state index contributed by atoms with van der Waals surface area (Å²) in [5.41, 5.74) is 0. The lowest BCUT2D eigenvalue weighted by Crippen LogP contribution is -2.35. The highest BCUT2D eigenvalue weighted by molar-refractivity contribution is 7.89. The number of carbonyl (C=O) groups is 1. The first-order chi connectivity index (χ1) is 13.5. The second-order valence-electron chi connectivity index (χ2n) is 6.00. The first-order valence-corrected chi connectivity index (χ1v) is 10.4. The molecule has 28 heavy (non-hydrogen) atoms. The molecule has 1 heterocycles. The van der Waals surface area contributed by atoms with Crippen molar-refractivity contribution >= 4 is 15.9 Å². The van der Waals surface area contributed by atoms with Crippen molar-refractivity contribution in [1.82, 2.24) is 9.62 Å². The second kappa shape index (κ2) is 10.5. The van der Waals surface area contributed by atoms with Crippen molar-refractivity contribution in [3.05, 3.63) is 18.2 Å². The molecule has 0 aliphatic carbocycles. The predicted octanol–water partition coefficient (Wildman–Crippen LogP) is 1.17. The number of hydrogen-bond donors (Lipinski definition) is 1. The maximum atomic E-state index is 12.5. The number of nitrogens with zero attached hydrogens (tertiary/aromatic N) is 3. The van der Waals surface area contributed by atoms with Gasteiger partial charge in [0.05, 0.1) is 43.1 Å². The van der Waals surface area contributed by atoms with Crippen LogP contribution in [0, 0.1) is 22.7 Å². The Bertz CT molecular complexity index is 855. The number of ether oxygens (including phenoxy) is 2. The van der Waals surface area contributed by atoms with Crippen LogP contribution < -0.4 is 14.2 Å². The Morgan fingerprint density at radius 3 is 2.39 bits per heavy atom. The Labute approximate surface area is 164 Å². The fourth-order valence-corrected chi connectivity index (χ4v) is 3.62. The van der Waals surface area contributed by atoms with E-state index in [2.05, 4.69) is 4.72 Å². The average Bonchev–Trinajstić information content (AvgIpc) is 2.92. The Hall–Kier alpha value is -2.82. The standard InChI is InChI=1S/C18H22N4O5S/c19-7-1-10-22(11-2-8-20)18(23)6-9-21-28(24,25)15-4-5-16-17(14-15)27-13-3-12-26-16/h4-5,14,21H,1-3,6,9-13H2. The molecule has 0 radical (unpaired) electrons. The van der Waals surface area contributed by atoms with E-state index in [1.807, 2.05) is 12.1 Å². The predicted molar refractivity (Wildman–Crippen MR) is 98.9 cm³/mol. The Morgan fingerprint density at radius 2 is 1.75 bits per heavy atom. The lowest BCUT2D eigenvalue weighted by atomic mass is 10.3. The molecule has 0 saturated carbocycles. The summed E-state index contributed by atoms with van der Waals surface area (Å²) < 4.78 is 38.3. The van der Waals surface area contributed by atoms with Crippen LogP contribution in [0.4, 0.5) is 0 Å². The van der Waals surface area contributed by atoms with E-state index in [0.29, 0.717) is 31.1 Å². The average molecular weight is 406 g/mol. The molecule has 0 spiro atoms. The molecule has 0 unspecified atom stereocenters. The molecule has 1 N–H and O–H groups in total. The summed E-state index contributed by atoms with van der Waals surface area (Å²) >= 11 is 0. The van der Waals surface area contributed by atoms with Crippen molar-refractivity contribution in [3.63, 3.8) is 0 Å². The number of amides is 1. The van der Waals surface area contributed by atoms with Crippen molar-refractivity contribution in [3.8, 4) is 23.6 Å². The third-order valence-electron chi connectivity index (χ3n) is 4.00. The number of fused-ring (bicyclic) bond motifs is 1. The van der Waals surface area contributed by atoms with E-state index in [1.54, 1.807) is 6.07 Å². The van der Waals surface area contributed by atoms with Crippen LogP contribution in [0.3, 0.4) is 0 Å². The molecule has 0 fully saturated rings. The second-order valence-corrected chi connectivity index (χ2v) is 7.77. The summed E-state index contributed by atoms with van der Waals surface area (Å²) in [4.78, 5) is 13.7. The topological polar surface area (TPSA) is 133 Å². The molecular weight excluding hydrogens is 384 g/mol. The molecule has 1 aliphatic rings. The summed E-state index contributed by atoms with van der Waals surface area (Å²) in [6.45, 7) is 1.29. The highest BCUT2D eigenvalue weighted by atomic mass is 32.2. The van der Waals surface area contributed by atoms with Crippen molar-refractivity contribution in [2.24, 2.45) is 0 Å². The zero-order chi connectivity index (χ0) is 20.4. The van der Waals surface area contributed by atoms with Crippen LogP contribution in [0.25, 0.3) is 0 Å². The Kier molecular flexibility index (Phi) is 8.05. The van der Waals surface area contributed by atoms with Crippen LogP contribution in [0.15, 0.2) is 23.1 Å². The Balaban J connectivity index is 1.95. The highest BCUT2D eigenvalue weighted by Crippen LogP contribution is 2.31.